The Morgan fingerprint density at radius 2 is 1.69 bits per heavy atom. The fourth-order valence-corrected chi connectivity index (χ4v) is 2.72. The minimum Gasteiger partial charge on any atom is -0.381 e. The molecule has 0 saturated carbocycles. The van der Waals surface area contributed by atoms with Crippen LogP contribution < -0.4 is 10.6 Å². The van der Waals surface area contributed by atoms with E-state index in [0.717, 1.165) is 6.54 Å². The van der Waals surface area contributed by atoms with Crippen molar-refractivity contribution in [2.75, 3.05) is 17.2 Å². The van der Waals surface area contributed by atoms with Crippen molar-refractivity contribution < 1.29 is 0 Å². The van der Waals surface area contributed by atoms with Gasteiger partial charge in [-0.1, -0.05) is 38.8 Å². The van der Waals surface area contributed by atoms with Crippen molar-refractivity contribution in [1.82, 2.24) is 0 Å². The Bertz CT molecular complexity index is 340. The van der Waals surface area contributed by atoms with E-state index in [0.29, 0.717) is 0 Å². The van der Waals surface area contributed by atoms with Gasteiger partial charge in [0.05, 0.1) is 16.9 Å². The Labute approximate surface area is 98.4 Å². The van der Waals surface area contributed by atoms with E-state index in [1.165, 1.54) is 37.1 Å². The zero-order valence-electron chi connectivity index (χ0n) is 10.3. The zero-order valence-corrected chi connectivity index (χ0v) is 10.3. The monoisotopic (exact) mass is 218 g/mol. The molecular weight excluding hydrogens is 196 g/mol. The molecule has 0 spiro atoms. The quantitative estimate of drug-likeness (QED) is 0.801. The lowest BCUT2D eigenvalue weighted by molar-refractivity contribution is 0.406. The van der Waals surface area contributed by atoms with Crippen LogP contribution in [0.1, 0.15) is 39.5 Å². The van der Waals surface area contributed by atoms with E-state index in [1.54, 1.807) is 0 Å². The van der Waals surface area contributed by atoms with Gasteiger partial charge in [0.15, 0.2) is 0 Å². The summed E-state index contributed by atoms with van der Waals surface area (Å²) in [5.74, 6) is 0. The van der Waals surface area contributed by atoms with Crippen LogP contribution in [0.15, 0.2) is 24.3 Å². The molecule has 2 rings (SSSR count). The highest BCUT2D eigenvalue weighted by Crippen LogP contribution is 2.34. The van der Waals surface area contributed by atoms with E-state index < -0.39 is 0 Å². The second-order valence-electron chi connectivity index (χ2n) is 4.80. The highest BCUT2D eigenvalue weighted by atomic mass is 15.1. The first kappa shape index (κ1) is 11.3. The van der Waals surface area contributed by atoms with Crippen LogP contribution >= 0.6 is 0 Å². The second-order valence-corrected chi connectivity index (χ2v) is 4.80. The van der Waals surface area contributed by atoms with E-state index in [4.69, 9.17) is 0 Å². The minimum absolute atomic E-state index is 0.262. The van der Waals surface area contributed by atoms with Crippen LogP contribution in [0.25, 0.3) is 0 Å². The van der Waals surface area contributed by atoms with Crippen molar-refractivity contribution in [2.45, 2.75) is 45.1 Å². The predicted octanol–water partition coefficient (Wildman–Crippen LogP) is 3.86. The molecule has 0 saturated heterocycles. The van der Waals surface area contributed by atoms with E-state index in [-0.39, 0.29) is 5.54 Å². The Morgan fingerprint density at radius 3 is 2.31 bits per heavy atom. The van der Waals surface area contributed by atoms with Gasteiger partial charge >= 0.3 is 0 Å². The number of rotatable bonds is 4. The molecule has 1 heterocycles. The lowest BCUT2D eigenvalue weighted by Crippen LogP contribution is -2.47. The van der Waals surface area contributed by atoms with E-state index >= 15 is 0 Å². The number of nitrogens with one attached hydrogen (secondary N) is 2. The summed E-state index contributed by atoms with van der Waals surface area (Å²) in [6, 6.07) is 8.49. The molecule has 2 N–H and O–H groups in total. The van der Waals surface area contributed by atoms with Gasteiger partial charge in [-0.2, -0.15) is 0 Å². The molecule has 2 heteroatoms. The maximum atomic E-state index is 3.75. The molecule has 1 aliphatic heterocycles. The van der Waals surface area contributed by atoms with Gasteiger partial charge in [-0.05, 0) is 25.0 Å². The molecule has 0 amide bonds. The van der Waals surface area contributed by atoms with Crippen molar-refractivity contribution in [3.63, 3.8) is 0 Å². The molecule has 0 unspecified atom stereocenters. The van der Waals surface area contributed by atoms with Crippen molar-refractivity contribution in [3.8, 4) is 0 Å². The first-order chi connectivity index (χ1) is 7.79. The lowest BCUT2D eigenvalue weighted by Gasteiger charge is -2.40. The van der Waals surface area contributed by atoms with Crippen molar-refractivity contribution in [3.05, 3.63) is 24.3 Å². The molecule has 0 atom stereocenters. The third kappa shape index (κ3) is 2.16. The number of benzene rings is 1. The second kappa shape index (κ2) is 4.77. The van der Waals surface area contributed by atoms with Gasteiger partial charge in [0, 0.05) is 6.54 Å². The Balaban J connectivity index is 2.20. The maximum Gasteiger partial charge on any atom is 0.0580 e. The summed E-state index contributed by atoms with van der Waals surface area (Å²) in [5.41, 5.74) is 2.76. The van der Waals surface area contributed by atoms with Gasteiger partial charge in [-0.3, -0.25) is 0 Å². The third-order valence-electron chi connectivity index (χ3n) is 3.40. The summed E-state index contributed by atoms with van der Waals surface area (Å²) in [4.78, 5) is 0. The molecular formula is C14H22N2. The smallest absolute Gasteiger partial charge is 0.0580 e. The summed E-state index contributed by atoms with van der Waals surface area (Å²) >= 11 is 0. The molecule has 1 aromatic rings. The van der Waals surface area contributed by atoms with Crippen LogP contribution in [0, 0.1) is 0 Å². The molecule has 0 fully saturated rings. The predicted molar refractivity (Wildman–Crippen MR) is 71.1 cm³/mol. The highest BCUT2D eigenvalue weighted by Gasteiger charge is 2.31. The topological polar surface area (TPSA) is 24.1 Å². The van der Waals surface area contributed by atoms with Gasteiger partial charge in [-0.25, -0.2) is 0 Å². The molecule has 1 aliphatic rings. The molecule has 0 aromatic heterocycles. The normalized spacial score (nSPS) is 17.1. The first-order valence-electron chi connectivity index (χ1n) is 6.41. The molecule has 0 aliphatic carbocycles. The van der Waals surface area contributed by atoms with Gasteiger partial charge in [0.1, 0.15) is 0 Å². The van der Waals surface area contributed by atoms with Crippen LogP contribution in [-0.4, -0.2) is 12.1 Å². The Morgan fingerprint density at radius 1 is 1.06 bits per heavy atom. The van der Waals surface area contributed by atoms with Crippen LogP contribution in [0.4, 0.5) is 11.4 Å². The third-order valence-corrected chi connectivity index (χ3v) is 3.40. The zero-order chi connectivity index (χ0) is 11.4. The fraction of sp³-hybridized carbons (Fsp3) is 0.571. The molecule has 0 bridgehead atoms. The van der Waals surface area contributed by atoms with Crippen LogP contribution in [0.3, 0.4) is 0 Å². The summed E-state index contributed by atoms with van der Waals surface area (Å²) in [7, 11) is 0. The number of hydrogen-bond acceptors (Lipinski definition) is 2. The lowest BCUT2D eigenvalue weighted by atomic mass is 9.86. The van der Waals surface area contributed by atoms with E-state index in [1.807, 2.05) is 0 Å². The van der Waals surface area contributed by atoms with Gasteiger partial charge in [0.2, 0.25) is 0 Å². The van der Waals surface area contributed by atoms with Gasteiger partial charge in [0.25, 0.3) is 0 Å². The fourth-order valence-electron chi connectivity index (χ4n) is 2.72. The van der Waals surface area contributed by atoms with Crippen molar-refractivity contribution >= 4 is 11.4 Å². The average Bonchev–Trinajstić information content (AvgIpc) is 2.30. The van der Waals surface area contributed by atoms with Crippen molar-refractivity contribution in [1.29, 1.82) is 0 Å². The molecule has 1 aromatic carbocycles. The minimum atomic E-state index is 0.262. The summed E-state index contributed by atoms with van der Waals surface area (Å²) < 4.78 is 0. The number of anilines is 2. The first-order valence-corrected chi connectivity index (χ1v) is 6.41. The Hall–Kier alpha value is -1.18. The van der Waals surface area contributed by atoms with Gasteiger partial charge in [-0.15, -0.1) is 0 Å². The number of fused-ring (bicyclic) bond motifs is 1. The van der Waals surface area contributed by atoms with Crippen LogP contribution in [0.5, 0.6) is 0 Å². The van der Waals surface area contributed by atoms with Gasteiger partial charge < -0.3 is 10.6 Å². The largest absolute Gasteiger partial charge is 0.381 e. The van der Waals surface area contributed by atoms with Crippen LogP contribution in [0.2, 0.25) is 0 Å². The number of para-hydroxylation sites is 2. The standard InChI is InChI=1S/C14H22N2/c1-3-9-14(10-4-2)11-15-12-7-5-6-8-13(12)16-14/h5-8,15-16H,3-4,9-11H2,1-2H3. The number of hydrogen-bond donors (Lipinski definition) is 2. The molecule has 88 valence electrons. The molecule has 0 radical (unpaired) electrons. The molecule has 16 heavy (non-hydrogen) atoms. The summed E-state index contributed by atoms with van der Waals surface area (Å²) in [5, 5.41) is 7.31. The summed E-state index contributed by atoms with van der Waals surface area (Å²) in [6.45, 7) is 5.57. The summed E-state index contributed by atoms with van der Waals surface area (Å²) in [6.07, 6.45) is 4.94. The van der Waals surface area contributed by atoms with E-state index in [2.05, 4.69) is 48.7 Å². The van der Waals surface area contributed by atoms with Crippen LogP contribution in [-0.2, 0) is 0 Å². The average molecular weight is 218 g/mol. The maximum absolute atomic E-state index is 3.75. The van der Waals surface area contributed by atoms with Crippen molar-refractivity contribution in [2.24, 2.45) is 0 Å². The van der Waals surface area contributed by atoms with E-state index in [9.17, 15) is 0 Å². The highest BCUT2D eigenvalue weighted by molar-refractivity contribution is 5.72. The molecule has 2 nitrogen and oxygen atoms in total. The Kier molecular flexibility index (Phi) is 3.37. The SMILES string of the molecule is CCCC1(CCC)CNc2ccccc2N1.